The molecule has 84 valence electrons. The molecule has 0 aliphatic rings. The first-order valence-electron chi connectivity index (χ1n) is 4.42. The van der Waals surface area contributed by atoms with Crippen molar-refractivity contribution in [2.75, 3.05) is 19.1 Å². The monoisotopic (exact) mass is 230 g/mol. The Morgan fingerprint density at radius 1 is 1.47 bits per heavy atom. The van der Waals surface area contributed by atoms with Crippen LogP contribution >= 0.6 is 0 Å². The van der Waals surface area contributed by atoms with Crippen LogP contribution in [-0.4, -0.2) is 32.6 Å². The summed E-state index contributed by atoms with van der Waals surface area (Å²) in [7, 11) is -1.67. The zero-order chi connectivity index (χ0) is 11.5. The van der Waals surface area contributed by atoms with E-state index in [0.717, 1.165) is 6.26 Å². The molecule has 0 radical (unpaired) electrons. The quantitative estimate of drug-likeness (QED) is 0.830. The largest absolute Gasteiger partial charge is 0.497 e. The highest BCUT2D eigenvalue weighted by Crippen LogP contribution is 2.19. The van der Waals surface area contributed by atoms with Crippen LogP contribution < -0.4 is 4.74 Å². The second-order valence-electron chi connectivity index (χ2n) is 3.38. The van der Waals surface area contributed by atoms with Crippen LogP contribution in [0.5, 0.6) is 5.75 Å². The lowest BCUT2D eigenvalue weighted by atomic mass is 10.1. The molecule has 0 bridgehead atoms. The number of hydrogen-bond donors (Lipinski definition) is 1. The molecule has 0 heterocycles. The minimum Gasteiger partial charge on any atom is -0.497 e. The van der Waals surface area contributed by atoms with Crippen LogP contribution in [0.25, 0.3) is 0 Å². The van der Waals surface area contributed by atoms with Gasteiger partial charge >= 0.3 is 0 Å². The van der Waals surface area contributed by atoms with Gasteiger partial charge in [-0.3, -0.25) is 0 Å². The van der Waals surface area contributed by atoms with Gasteiger partial charge in [-0.2, -0.15) is 0 Å². The van der Waals surface area contributed by atoms with Gasteiger partial charge in [0.1, 0.15) is 15.6 Å². The van der Waals surface area contributed by atoms with Crippen LogP contribution in [0, 0.1) is 0 Å². The van der Waals surface area contributed by atoms with E-state index in [1.807, 2.05) is 0 Å². The molecule has 0 aliphatic heterocycles. The Morgan fingerprint density at radius 2 is 2.13 bits per heavy atom. The summed E-state index contributed by atoms with van der Waals surface area (Å²) in [5.41, 5.74) is 0.541. The molecule has 0 unspecified atom stereocenters. The van der Waals surface area contributed by atoms with E-state index in [9.17, 15) is 13.5 Å². The van der Waals surface area contributed by atoms with Gasteiger partial charge in [0.25, 0.3) is 0 Å². The highest BCUT2D eigenvalue weighted by molar-refractivity contribution is 7.90. The van der Waals surface area contributed by atoms with Gasteiger partial charge in [0.2, 0.25) is 0 Å². The molecule has 1 N–H and O–H groups in total. The van der Waals surface area contributed by atoms with Crippen molar-refractivity contribution in [2.45, 2.75) is 6.10 Å². The maximum Gasteiger partial charge on any atom is 0.150 e. The highest BCUT2D eigenvalue weighted by Gasteiger charge is 2.14. The van der Waals surface area contributed by atoms with E-state index in [0.29, 0.717) is 11.3 Å². The van der Waals surface area contributed by atoms with Crippen LogP contribution in [-0.2, 0) is 9.84 Å². The third-order valence-electron chi connectivity index (χ3n) is 1.94. The molecule has 1 aromatic carbocycles. The van der Waals surface area contributed by atoms with Crippen molar-refractivity contribution in [1.82, 2.24) is 0 Å². The van der Waals surface area contributed by atoms with Gasteiger partial charge in [0, 0.05) is 6.26 Å². The van der Waals surface area contributed by atoms with E-state index in [-0.39, 0.29) is 5.75 Å². The fourth-order valence-corrected chi connectivity index (χ4v) is 2.00. The lowest BCUT2D eigenvalue weighted by Crippen LogP contribution is -2.12. The summed E-state index contributed by atoms with van der Waals surface area (Å²) in [4.78, 5) is 0. The lowest BCUT2D eigenvalue weighted by Gasteiger charge is -2.10. The van der Waals surface area contributed by atoms with Crippen LogP contribution in [0.3, 0.4) is 0 Å². The molecule has 0 spiro atoms. The second kappa shape index (κ2) is 4.63. The maximum atomic E-state index is 11.0. The van der Waals surface area contributed by atoms with Gasteiger partial charge < -0.3 is 9.84 Å². The van der Waals surface area contributed by atoms with Crippen LogP contribution in [0.15, 0.2) is 24.3 Å². The zero-order valence-electron chi connectivity index (χ0n) is 8.67. The average Bonchev–Trinajstić information content (AvgIpc) is 2.15. The van der Waals surface area contributed by atoms with E-state index in [1.54, 1.807) is 24.3 Å². The van der Waals surface area contributed by atoms with Crippen molar-refractivity contribution in [3.63, 3.8) is 0 Å². The van der Waals surface area contributed by atoms with Crippen molar-refractivity contribution in [3.8, 4) is 5.75 Å². The second-order valence-corrected chi connectivity index (χ2v) is 5.57. The summed E-state index contributed by atoms with van der Waals surface area (Å²) >= 11 is 0. The average molecular weight is 230 g/mol. The summed E-state index contributed by atoms with van der Waals surface area (Å²) in [6.45, 7) is 0. The Hall–Kier alpha value is -1.07. The number of aliphatic hydroxyl groups is 1. The molecule has 1 aromatic rings. The van der Waals surface area contributed by atoms with E-state index in [2.05, 4.69) is 0 Å². The van der Waals surface area contributed by atoms with E-state index < -0.39 is 15.9 Å². The van der Waals surface area contributed by atoms with E-state index in [1.165, 1.54) is 7.11 Å². The minimum atomic E-state index is -3.18. The van der Waals surface area contributed by atoms with Crippen molar-refractivity contribution in [2.24, 2.45) is 0 Å². The van der Waals surface area contributed by atoms with E-state index in [4.69, 9.17) is 4.74 Å². The van der Waals surface area contributed by atoms with Crippen molar-refractivity contribution in [1.29, 1.82) is 0 Å². The number of sulfone groups is 1. The van der Waals surface area contributed by atoms with Crippen LogP contribution in [0.1, 0.15) is 11.7 Å². The predicted octanol–water partition coefficient (Wildman–Crippen LogP) is 0.773. The number of aliphatic hydroxyl groups excluding tert-OH is 1. The molecule has 1 atom stereocenters. The molecule has 0 fully saturated rings. The lowest BCUT2D eigenvalue weighted by molar-refractivity contribution is 0.201. The summed E-state index contributed by atoms with van der Waals surface area (Å²) in [6, 6.07) is 6.73. The Kier molecular flexibility index (Phi) is 3.71. The van der Waals surface area contributed by atoms with Gasteiger partial charge in [-0.05, 0) is 17.7 Å². The highest BCUT2D eigenvalue weighted by atomic mass is 32.2. The zero-order valence-corrected chi connectivity index (χ0v) is 9.49. The summed E-state index contributed by atoms with van der Waals surface area (Å²) in [5, 5.41) is 9.64. The molecule has 0 saturated heterocycles. The standard InChI is InChI=1S/C10H14O4S/c1-14-9-5-3-4-8(6-9)10(11)7-15(2,12)13/h3-6,10-11H,7H2,1-2H3/t10-/m0/s1. The maximum absolute atomic E-state index is 11.0. The number of ether oxygens (including phenoxy) is 1. The summed E-state index contributed by atoms with van der Waals surface area (Å²) in [5.74, 6) is 0.320. The number of benzene rings is 1. The van der Waals surface area contributed by atoms with E-state index >= 15 is 0 Å². The summed E-state index contributed by atoms with van der Waals surface area (Å²) < 4.78 is 26.9. The third-order valence-corrected chi connectivity index (χ3v) is 2.86. The van der Waals surface area contributed by atoms with Gasteiger partial charge in [0.15, 0.2) is 0 Å². The minimum absolute atomic E-state index is 0.278. The first kappa shape index (κ1) is 12.0. The molecule has 4 nitrogen and oxygen atoms in total. The fraction of sp³-hybridized carbons (Fsp3) is 0.400. The molecule has 0 aromatic heterocycles. The molecule has 1 rings (SSSR count). The smallest absolute Gasteiger partial charge is 0.150 e. The molecule has 0 aliphatic carbocycles. The number of rotatable bonds is 4. The Labute approximate surface area is 89.4 Å². The molecule has 15 heavy (non-hydrogen) atoms. The van der Waals surface area contributed by atoms with Crippen molar-refractivity contribution < 1.29 is 18.3 Å². The Morgan fingerprint density at radius 3 is 2.67 bits per heavy atom. The molecule has 0 amide bonds. The number of hydrogen-bond acceptors (Lipinski definition) is 4. The van der Waals surface area contributed by atoms with Crippen LogP contribution in [0.4, 0.5) is 0 Å². The first-order chi connectivity index (χ1) is 6.92. The topological polar surface area (TPSA) is 63.6 Å². The Balaban J connectivity index is 2.86. The predicted molar refractivity (Wildman–Crippen MR) is 57.7 cm³/mol. The Bertz CT molecular complexity index is 425. The van der Waals surface area contributed by atoms with Gasteiger partial charge in [-0.1, -0.05) is 12.1 Å². The number of methoxy groups -OCH3 is 1. The van der Waals surface area contributed by atoms with Crippen LogP contribution in [0.2, 0.25) is 0 Å². The molecule has 5 heteroatoms. The fourth-order valence-electron chi connectivity index (χ4n) is 1.23. The normalized spacial score (nSPS) is 13.5. The summed E-state index contributed by atoms with van der Waals surface area (Å²) in [6.07, 6.45) is 0.0891. The van der Waals surface area contributed by atoms with Gasteiger partial charge in [-0.15, -0.1) is 0 Å². The van der Waals surface area contributed by atoms with Gasteiger partial charge in [-0.25, -0.2) is 8.42 Å². The molecule has 0 saturated carbocycles. The van der Waals surface area contributed by atoms with Crippen molar-refractivity contribution >= 4 is 9.84 Å². The molecular weight excluding hydrogens is 216 g/mol. The third kappa shape index (κ3) is 3.89. The first-order valence-corrected chi connectivity index (χ1v) is 6.48. The van der Waals surface area contributed by atoms with Crippen molar-refractivity contribution in [3.05, 3.63) is 29.8 Å². The molecular formula is C10H14O4S. The van der Waals surface area contributed by atoms with Gasteiger partial charge in [0.05, 0.1) is 19.0 Å². The SMILES string of the molecule is COc1cccc([C@@H](O)CS(C)(=O)=O)c1.